The first-order valence-corrected chi connectivity index (χ1v) is 6.04. The lowest BCUT2D eigenvalue weighted by Crippen LogP contribution is -2.33. The van der Waals surface area contributed by atoms with Crippen LogP contribution in [-0.4, -0.2) is 22.5 Å². The Labute approximate surface area is 97.9 Å². The molecule has 1 aromatic rings. The van der Waals surface area contributed by atoms with Crippen molar-refractivity contribution in [2.45, 2.75) is 31.4 Å². The maximum atomic E-state index is 6.20. The number of aromatic nitrogens is 2. The summed E-state index contributed by atoms with van der Waals surface area (Å²) in [5.74, 6) is 0. The lowest BCUT2D eigenvalue weighted by Gasteiger charge is -2.28. The van der Waals surface area contributed by atoms with Gasteiger partial charge in [0.05, 0.1) is 28.5 Å². The molecule has 2 rings (SSSR count). The lowest BCUT2D eigenvalue weighted by molar-refractivity contribution is -0.00157. The van der Waals surface area contributed by atoms with E-state index in [1.807, 2.05) is 11.7 Å². The van der Waals surface area contributed by atoms with Crippen molar-refractivity contribution in [1.29, 1.82) is 0 Å². The second-order valence-electron chi connectivity index (χ2n) is 3.93. The number of hydrogen-bond acceptors (Lipinski definition) is 3. The second kappa shape index (κ2) is 4.63. The molecule has 0 amide bonds. The molecule has 84 valence electrons. The Balaban J connectivity index is 2.15. The molecule has 1 aliphatic rings. The van der Waals surface area contributed by atoms with E-state index in [0.29, 0.717) is 0 Å². The zero-order chi connectivity index (χ0) is 10.8. The molecule has 4 nitrogen and oxygen atoms in total. The van der Waals surface area contributed by atoms with Gasteiger partial charge in [-0.05, 0) is 35.2 Å². The molecule has 0 spiro atoms. The van der Waals surface area contributed by atoms with E-state index in [1.165, 1.54) is 6.42 Å². The summed E-state index contributed by atoms with van der Waals surface area (Å²) in [4.78, 5) is 0. The van der Waals surface area contributed by atoms with Gasteiger partial charge in [-0.2, -0.15) is 5.10 Å². The highest BCUT2D eigenvalue weighted by Gasteiger charge is 2.26. The van der Waals surface area contributed by atoms with Crippen LogP contribution in [-0.2, 0) is 11.8 Å². The van der Waals surface area contributed by atoms with Gasteiger partial charge in [-0.1, -0.05) is 0 Å². The van der Waals surface area contributed by atoms with Crippen LogP contribution in [0.15, 0.2) is 10.7 Å². The van der Waals surface area contributed by atoms with Gasteiger partial charge in [0.25, 0.3) is 0 Å². The quantitative estimate of drug-likeness (QED) is 0.894. The fourth-order valence-corrected chi connectivity index (χ4v) is 2.63. The molecular formula is C10H16BrN3O. The van der Waals surface area contributed by atoms with Gasteiger partial charge in [-0.3, -0.25) is 4.68 Å². The number of nitrogens with two attached hydrogens (primary N) is 1. The number of rotatable bonds is 2. The summed E-state index contributed by atoms with van der Waals surface area (Å²) in [6.45, 7) is 0.827. The number of hydrogen-bond donors (Lipinski definition) is 1. The van der Waals surface area contributed by atoms with Crippen LogP contribution in [0.2, 0.25) is 0 Å². The van der Waals surface area contributed by atoms with E-state index in [0.717, 1.165) is 29.6 Å². The minimum absolute atomic E-state index is 0.0906. The minimum Gasteiger partial charge on any atom is -0.376 e. The summed E-state index contributed by atoms with van der Waals surface area (Å²) in [5, 5.41) is 4.17. The third-order valence-corrected chi connectivity index (χ3v) is 3.48. The summed E-state index contributed by atoms with van der Waals surface area (Å²) in [7, 11) is 1.91. The summed E-state index contributed by atoms with van der Waals surface area (Å²) < 4.78 is 8.46. The van der Waals surface area contributed by atoms with Crippen LogP contribution in [0, 0.1) is 0 Å². The first kappa shape index (κ1) is 11.1. The average Bonchev–Trinajstić information content (AvgIpc) is 2.59. The van der Waals surface area contributed by atoms with Gasteiger partial charge in [-0.25, -0.2) is 0 Å². The molecule has 0 radical (unpaired) electrons. The first-order chi connectivity index (χ1) is 7.20. The molecule has 1 aliphatic heterocycles. The zero-order valence-electron chi connectivity index (χ0n) is 8.82. The van der Waals surface area contributed by atoms with Crippen molar-refractivity contribution in [3.63, 3.8) is 0 Å². The Hall–Kier alpha value is -0.390. The Kier molecular flexibility index (Phi) is 3.43. The maximum absolute atomic E-state index is 6.20. The predicted molar refractivity (Wildman–Crippen MR) is 61.4 cm³/mol. The van der Waals surface area contributed by atoms with Gasteiger partial charge in [0.15, 0.2) is 0 Å². The van der Waals surface area contributed by atoms with E-state index in [4.69, 9.17) is 10.5 Å². The van der Waals surface area contributed by atoms with E-state index < -0.39 is 0 Å². The molecule has 0 saturated carbocycles. The van der Waals surface area contributed by atoms with Crippen LogP contribution < -0.4 is 5.73 Å². The molecular weight excluding hydrogens is 258 g/mol. The van der Waals surface area contributed by atoms with Crippen molar-refractivity contribution in [2.24, 2.45) is 12.8 Å². The molecule has 1 aromatic heterocycles. The lowest BCUT2D eigenvalue weighted by atomic mass is 10.0. The Morgan fingerprint density at radius 1 is 1.67 bits per heavy atom. The SMILES string of the molecule is Cn1ncc(Br)c1C(N)C1CCCCO1. The summed E-state index contributed by atoms with van der Waals surface area (Å²) >= 11 is 3.47. The van der Waals surface area contributed by atoms with Crippen molar-refractivity contribution in [3.05, 3.63) is 16.4 Å². The molecule has 1 fully saturated rings. The molecule has 5 heteroatoms. The zero-order valence-corrected chi connectivity index (χ0v) is 10.4. The number of halogens is 1. The van der Waals surface area contributed by atoms with Gasteiger partial charge in [0, 0.05) is 13.7 Å². The van der Waals surface area contributed by atoms with Gasteiger partial charge in [-0.15, -0.1) is 0 Å². The van der Waals surface area contributed by atoms with E-state index >= 15 is 0 Å². The van der Waals surface area contributed by atoms with Crippen LogP contribution in [0.5, 0.6) is 0 Å². The highest BCUT2D eigenvalue weighted by molar-refractivity contribution is 9.10. The topological polar surface area (TPSA) is 53.1 Å². The van der Waals surface area contributed by atoms with Crippen molar-refractivity contribution in [1.82, 2.24) is 9.78 Å². The molecule has 2 atom stereocenters. The van der Waals surface area contributed by atoms with Gasteiger partial charge in [0.2, 0.25) is 0 Å². The van der Waals surface area contributed by atoms with E-state index in [1.54, 1.807) is 6.20 Å². The second-order valence-corrected chi connectivity index (χ2v) is 4.79. The van der Waals surface area contributed by atoms with Crippen LogP contribution >= 0.6 is 15.9 Å². The predicted octanol–water partition coefficient (Wildman–Crippen LogP) is 1.75. The van der Waals surface area contributed by atoms with Gasteiger partial charge in [0.1, 0.15) is 0 Å². The number of ether oxygens (including phenoxy) is 1. The maximum Gasteiger partial charge on any atom is 0.0783 e. The number of nitrogens with zero attached hydrogens (tertiary/aromatic N) is 2. The van der Waals surface area contributed by atoms with Crippen LogP contribution in [0.1, 0.15) is 31.0 Å². The monoisotopic (exact) mass is 273 g/mol. The minimum atomic E-state index is -0.0906. The van der Waals surface area contributed by atoms with Crippen LogP contribution in [0.25, 0.3) is 0 Å². The first-order valence-electron chi connectivity index (χ1n) is 5.24. The van der Waals surface area contributed by atoms with E-state index in [-0.39, 0.29) is 12.1 Å². The molecule has 15 heavy (non-hydrogen) atoms. The molecule has 2 unspecified atom stereocenters. The van der Waals surface area contributed by atoms with Crippen molar-refractivity contribution in [2.75, 3.05) is 6.61 Å². The smallest absolute Gasteiger partial charge is 0.0783 e. The highest BCUT2D eigenvalue weighted by Crippen LogP contribution is 2.28. The molecule has 1 saturated heterocycles. The summed E-state index contributed by atoms with van der Waals surface area (Å²) in [6, 6.07) is -0.0906. The Bertz CT molecular complexity index is 314. The summed E-state index contributed by atoms with van der Waals surface area (Å²) in [6.07, 6.45) is 5.30. The average molecular weight is 274 g/mol. The third-order valence-electron chi connectivity index (χ3n) is 2.87. The normalized spacial score (nSPS) is 24.1. The Morgan fingerprint density at radius 3 is 3.00 bits per heavy atom. The van der Waals surface area contributed by atoms with E-state index in [9.17, 15) is 0 Å². The molecule has 0 aromatic carbocycles. The van der Waals surface area contributed by atoms with E-state index in [2.05, 4.69) is 21.0 Å². The Morgan fingerprint density at radius 2 is 2.47 bits per heavy atom. The van der Waals surface area contributed by atoms with Crippen LogP contribution in [0.4, 0.5) is 0 Å². The van der Waals surface area contributed by atoms with Crippen molar-refractivity contribution in [3.8, 4) is 0 Å². The fourth-order valence-electron chi connectivity index (χ4n) is 2.02. The van der Waals surface area contributed by atoms with Gasteiger partial charge >= 0.3 is 0 Å². The number of aryl methyl sites for hydroxylation is 1. The van der Waals surface area contributed by atoms with Crippen molar-refractivity contribution >= 4 is 15.9 Å². The third kappa shape index (κ3) is 2.24. The standard InChI is InChI=1S/C10H16BrN3O/c1-14-10(7(11)6-13-14)9(12)8-4-2-3-5-15-8/h6,8-9H,2-5,12H2,1H3. The van der Waals surface area contributed by atoms with Gasteiger partial charge < -0.3 is 10.5 Å². The highest BCUT2D eigenvalue weighted by atomic mass is 79.9. The van der Waals surface area contributed by atoms with Crippen LogP contribution in [0.3, 0.4) is 0 Å². The molecule has 0 aliphatic carbocycles. The molecule has 2 heterocycles. The largest absolute Gasteiger partial charge is 0.376 e. The summed E-state index contributed by atoms with van der Waals surface area (Å²) in [5.41, 5.74) is 7.22. The van der Waals surface area contributed by atoms with Crippen molar-refractivity contribution < 1.29 is 4.74 Å². The fraction of sp³-hybridized carbons (Fsp3) is 0.700. The molecule has 2 N–H and O–H groups in total. The molecule has 0 bridgehead atoms.